The molecular formula is C15H13BrINO2. The molecule has 0 atom stereocenters. The summed E-state index contributed by atoms with van der Waals surface area (Å²) in [6, 6.07) is 10.5. The monoisotopic (exact) mass is 445 g/mol. The normalized spacial score (nSPS) is 12.6. The molecule has 1 aliphatic rings. The van der Waals surface area contributed by atoms with Crippen molar-refractivity contribution in [3.63, 3.8) is 0 Å². The molecule has 0 spiro atoms. The fourth-order valence-corrected chi connectivity index (χ4v) is 3.40. The number of hydrogen-bond donors (Lipinski definition) is 1. The van der Waals surface area contributed by atoms with Gasteiger partial charge in [0.25, 0.3) is 0 Å². The lowest BCUT2D eigenvalue weighted by Gasteiger charge is -2.11. The number of aryl methyl sites for hydroxylation is 1. The molecule has 0 amide bonds. The number of ether oxygens (including phenoxy) is 2. The molecule has 2 aromatic rings. The summed E-state index contributed by atoms with van der Waals surface area (Å²) in [7, 11) is 0. The Hall–Kier alpha value is -0.950. The van der Waals surface area contributed by atoms with E-state index in [-0.39, 0.29) is 0 Å². The third kappa shape index (κ3) is 2.88. The standard InChI is InChI=1S/C15H13BrINO2/c1-9-4-11(17)2-3-13(9)18-7-10-5-12(16)15-14(6-10)19-8-20-15/h2-6,18H,7-8H2,1H3. The molecule has 1 aliphatic heterocycles. The average molecular weight is 446 g/mol. The zero-order valence-electron chi connectivity index (χ0n) is 10.9. The highest BCUT2D eigenvalue weighted by atomic mass is 127. The van der Waals surface area contributed by atoms with Crippen LogP contribution in [0.1, 0.15) is 11.1 Å². The molecule has 1 heterocycles. The predicted octanol–water partition coefficient (Wildman–Crippen LogP) is 4.70. The van der Waals surface area contributed by atoms with Crippen LogP contribution >= 0.6 is 38.5 Å². The first-order valence-corrected chi connectivity index (χ1v) is 8.09. The van der Waals surface area contributed by atoms with Gasteiger partial charge in [0.15, 0.2) is 11.5 Å². The van der Waals surface area contributed by atoms with E-state index < -0.39 is 0 Å². The van der Waals surface area contributed by atoms with Crippen LogP contribution in [0.4, 0.5) is 5.69 Å². The van der Waals surface area contributed by atoms with Crippen LogP contribution in [0.5, 0.6) is 11.5 Å². The Bertz CT molecular complexity index is 661. The molecule has 1 N–H and O–H groups in total. The van der Waals surface area contributed by atoms with E-state index >= 15 is 0 Å². The zero-order chi connectivity index (χ0) is 14.1. The minimum Gasteiger partial charge on any atom is -0.454 e. The summed E-state index contributed by atoms with van der Waals surface area (Å²) >= 11 is 5.84. The first kappa shape index (κ1) is 14.0. The van der Waals surface area contributed by atoms with Gasteiger partial charge in [0.2, 0.25) is 6.79 Å². The number of benzene rings is 2. The minimum atomic E-state index is 0.293. The third-order valence-corrected chi connectivity index (χ3v) is 4.42. The Labute approximate surface area is 139 Å². The summed E-state index contributed by atoms with van der Waals surface area (Å²) < 4.78 is 13.0. The highest BCUT2D eigenvalue weighted by Gasteiger charge is 2.17. The van der Waals surface area contributed by atoms with Crippen molar-refractivity contribution in [2.45, 2.75) is 13.5 Å². The SMILES string of the molecule is Cc1cc(I)ccc1NCc1cc(Br)c2c(c1)OCO2. The first-order valence-electron chi connectivity index (χ1n) is 6.21. The van der Waals surface area contributed by atoms with Crippen LogP contribution in [-0.2, 0) is 6.54 Å². The van der Waals surface area contributed by atoms with Gasteiger partial charge in [-0.2, -0.15) is 0 Å². The van der Waals surface area contributed by atoms with Gasteiger partial charge in [0.1, 0.15) is 0 Å². The van der Waals surface area contributed by atoms with Gasteiger partial charge in [0.05, 0.1) is 4.47 Å². The number of hydrogen-bond acceptors (Lipinski definition) is 3. The number of nitrogens with one attached hydrogen (secondary N) is 1. The molecule has 0 radical (unpaired) electrons. The van der Waals surface area contributed by atoms with Crippen molar-refractivity contribution in [3.8, 4) is 11.5 Å². The van der Waals surface area contributed by atoms with E-state index in [4.69, 9.17) is 9.47 Å². The van der Waals surface area contributed by atoms with Crippen molar-refractivity contribution < 1.29 is 9.47 Å². The van der Waals surface area contributed by atoms with Crippen LogP contribution in [-0.4, -0.2) is 6.79 Å². The summed E-state index contributed by atoms with van der Waals surface area (Å²) in [5.74, 6) is 1.59. The average Bonchev–Trinajstić information content (AvgIpc) is 2.86. The van der Waals surface area contributed by atoms with E-state index in [0.717, 1.165) is 33.8 Å². The molecule has 0 aliphatic carbocycles. The van der Waals surface area contributed by atoms with Crippen molar-refractivity contribution in [2.24, 2.45) is 0 Å². The Morgan fingerprint density at radius 3 is 2.90 bits per heavy atom. The lowest BCUT2D eigenvalue weighted by atomic mass is 10.1. The van der Waals surface area contributed by atoms with Gasteiger partial charge < -0.3 is 14.8 Å². The second-order valence-corrected chi connectivity index (χ2v) is 6.72. The molecule has 0 bridgehead atoms. The Balaban J connectivity index is 1.77. The van der Waals surface area contributed by atoms with E-state index in [9.17, 15) is 0 Å². The molecule has 0 fully saturated rings. The first-order chi connectivity index (χ1) is 9.63. The summed E-state index contributed by atoms with van der Waals surface area (Å²) in [6.07, 6.45) is 0. The molecule has 0 saturated heterocycles. The highest BCUT2D eigenvalue weighted by molar-refractivity contribution is 14.1. The zero-order valence-corrected chi connectivity index (χ0v) is 14.6. The molecule has 0 aromatic heterocycles. The van der Waals surface area contributed by atoms with Gasteiger partial charge in [-0.25, -0.2) is 0 Å². The van der Waals surface area contributed by atoms with Gasteiger partial charge in [0, 0.05) is 15.8 Å². The molecule has 104 valence electrons. The molecule has 3 rings (SSSR count). The lowest BCUT2D eigenvalue weighted by molar-refractivity contribution is 0.173. The second-order valence-electron chi connectivity index (χ2n) is 4.62. The largest absolute Gasteiger partial charge is 0.454 e. The summed E-state index contributed by atoms with van der Waals surface area (Å²) in [6.45, 7) is 3.15. The summed E-state index contributed by atoms with van der Waals surface area (Å²) in [4.78, 5) is 0. The molecule has 2 aromatic carbocycles. The van der Waals surface area contributed by atoms with Crippen LogP contribution < -0.4 is 14.8 Å². The molecule has 0 saturated carbocycles. The van der Waals surface area contributed by atoms with Crippen LogP contribution in [0.2, 0.25) is 0 Å². The minimum absolute atomic E-state index is 0.293. The quantitative estimate of drug-likeness (QED) is 0.694. The molecular weight excluding hydrogens is 433 g/mol. The number of anilines is 1. The Kier molecular flexibility index (Phi) is 4.07. The van der Waals surface area contributed by atoms with Gasteiger partial charge >= 0.3 is 0 Å². The number of halogens is 2. The van der Waals surface area contributed by atoms with E-state index in [0.29, 0.717) is 6.79 Å². The lowest BCUT2D eigenvalue weighted by Crippen LogP contribution is -2.01. The van der Waals surface area contributed by atoms with Crippen molar-refractivity contribution in [1.29, 1.82) is 0 Å². The fraction of sp³-hybridized carbons (Fsp3) is 0.200. The Morgan fingerprint density at radius 2 is 2.10 bits per heavy atom. The van der Waals surface area contributed by atoms with E-state index in [1.807, 2.05) is 6.07 Å². The van der Waals surface area contributed by atoms with Crippen LogP contribution in [0, 0.1) is 10.5 Å². The van der Waals surface area contributed by atoms with E-state index in [2.05, 4.69) is 75.0 Å². The number of fused-ring (bicyclic) bond motifs is 1. The highest BCUT2D eigenvalue weighted by Crippen LogP contribution is 2.40. The third-order valence-electron chi connectivity index (χ3n) is 3.16. The maximum atomic E-state index is 5.43. The predicted molar refractivity (Wildman–Crippen MR) is 91.5 cm³/mol. The van der Waals surface area contributed by atoms with Crippen molar-refractivity contribution in [3.05, 3.63) is 49.5 Å². The summed E-state index contributed by atoms with van der Waals surface area (Å²) in [5.41, 5.74) is 3.55. The van der Waals surface area contributed by atoms with E-state index in [1.54, 1.807) is 0 Å². The van der Waals surface area contributed by atoms with Gasteiger partial charge in [-0.3, -0.25) is 0 Å². The number of rotatable bonds is 3. The molecule has 5 heteroatoms. The van der Waals surface area contributed by atoms with Crippen LogP contribution in [0.3, 0.4) is 0 Å². The topological polar surface area (TPSA) is 30.5 Å². The fourth-order valence-electron chi connectivity index (χ4n) is 2.15. The summed E-state index contributed by atoms with van der Waals surface area (Å²) in [5, 5.41) is 3.45. The molecule has 3 nitrogen and oxygen atoms in total. The maximum absolute atomic E-state index is 5.43. The smallest absolute Gasteiger partial charge is 0.231 e. The van der Waals surface area contributed by atoms with Crippen molar-refractivity contribution >= 4 is 44.2 Å². The van der Waals surface area contributed by atoms with Crippen LogP contribution in [0.25, 0.3) is 0 Å². The second kappa shape index (κ2) is 5.81. The Morgan fingerprint density at radius 1 is 1.25 bits per heavy atom. The van der Waals surface area contributed by atoms with Crippen molar-refractivity contribution in [1.82, 2.24) is 0 Å². The van der Waals surface area contributed by atoms with Crippen LogP contribution in [0.15, 0.2) is 34.8 Å². The van der Waals surface area contributed by atoms with Gasteiger partial charge in [-0.1, -0.05) is 0 Å². The molecule has 20 heavy (non-hydrogen) atoms. The maximum Gasteiger partial charge on any atom is 0.231 e. The van der Waals surface area contributed by atoms with Gasteiger partial charge in [-0.05, 0) is 86.9 Å². The van der Waals surface area contributed by atoms with Crippen molar-refractivity contribution in [2.75, 3.05) is 12.1 Å². The van der Waals surface area contributed by atoms with Gasteiger partial charge in [-0.15, -0.1) is 0 Å². The van der Waals surface area contributed by atoms with E-state index in [1.165, 1.54) is 9.13 Å². The molecule has 0 unspecified atom stereocenters.